The van der Waals surface area contributed by atoms with Crippen LogP contribution >= 0.6 is 22.9 Å². The molecular formula is C17H18ClN3O2S. The maximum absolute atomic E-state index is 11.8. The molecule has 0 aliphatic carbocycles. The van der Waals surface area contributed by atoms with E-state index in [9.17, 15) is 4.79 Å². The van der Waals surface area contributed by atoms with Crippen LogP contribution in [-0.4, -0.2) is 37.2 Å². The molecule has 0 atom stereocenters. The number of pyridine rings is 1. The van der Waals surface area contributed by atoms with Gasteiger partial charge in [0.1, 0.15) is 5.82 Å². The van der Waals surface area contributed by atoms with Gasteiger partial charge in [-0.1, -0.05) is 17.7 Å². The summed E-state index contributed by atoms with van der Waals surface area (Å²) < 4.78 is 6.05. The lowest BCUT2D eigenvalue weighted by molar-refractivity contribution is -0.116. The minimum Gasteiger partial charge on any atom is -0.378 e. The van der Waals surface area contributed by atoms with E-state index in [2.05, 4.69) is 15.2 Å². The van der Waals surface area contributed by atoms with Crippen molar-refractivity contribution in [1.29, 1.82) is 0 Å². The summed E-state index contributed by atoms with van der Waals surface area (Å²) in [7, 11) is 0. The lowest BCUT2D eigenvalue weighted by atomic mass is 10.2. The number of hydrogen-bond acceptors (Lipinski definition) is 5. The number of hydrogen-bond donors (Lipinski definition) is 1. The Hall–Kier alpha value is -1.89. The topological polar surface area (TPSA) is 54.5 Å². The second kappa shape index (κ2) is 8.28. The molecule has 0 aromatic carbocycles. The molecule has 1 N–H and O–H groups in total. The normalized spacial score (nSPS) is 15.0. The van der Waals surface area contributed by atoms with Gasteiger partial charge in [0.25, 0.3) is 0 Å². The Kier molecular flexibility index (Phi) is 5.85. The summed E-state index contributed by atoms with van der Waals surface area (Å²) in [6, 6.07) is 7.66. The monoisotopic (exact) mass is 363 g/mol. The summed E-state index contributed by atoms with van der Waals surface area (Å²) in [5.74, 6) is 0.805. The molecule has 0 spiro atoms. The molecule has 1 saturated heterocycles. The number of aromatic nitrogens is 1. The molecule has 0 saturated carbocycles. The van der Waals surface area contributed by atoms with Crippen LogP contribution in [-0.2, 0) is 16.1 Å². The predicted octanol–water partition coefficient (Wildman–Crippen LogP) is 2.96. The maximum atomic E-state index is 11.8. The van der Waals surface area contributed by atoms with Gasteiger partial charge >= 0.3 is 0 Å². The smallest absolute Gasteiger partial charge is 0.244 e. The van der Waals surface area contributed by atoms with Crippen molar-refractivity contribution in [2.75, 3.05) is 31.2 Å². The Morgan fingerprint density at radius 2 is 2.17 bits per heavy atom. The van der Waals surface area contributed by atoms with Gasteiger partial charge in [0.2, 0.25) is 5.91 Å². The first kappa shape index (κ1) is 17.0. The quantitative estimate of drug-likeness (QED) is 0.830. The van der Waals surface area contributed by atoms with E-state index in [1.807, 2.05) is 24.3 Å². The third kappa shape index (κ3) is 4.80. The van der Waals surface area contributed by atoms with Crippen molar-refractivity contribution < 1.29 is 9.53 Å². The molecule has 7 heteroatoms. The number of anilines is 1. The number of carbonyl (C=O) groups is 1. The molecule has 0 unspecified atom stereocenters. The van der Waals surface area contributed by atoms with Crippen molar-refractivity contribution in [3.8, 4) is 0 Å². The van der Waals surface area contributed by atoms with Gasteiger partial charge in [-0.25, -0.2) is 4.98 Å². The van der Waals surface area contributed by atoms with Gasteiger partial charge in [-0.15, -0.1) is 11.3 Å². The molecule has 0 radical (unpaired) electrons. The zero-order chi connectivity index (χ0) is 16.8. The van der Waals surface area contributed by atoms with Crippen molar-refractivity contribution in [3.63, 3.8) is 0 Å². The van der Waals surface area contributed by atoms with Gasteiger partial charge in [0.05, 0.1) is 17.6 Å². The lowest BCUT2D eigenvalue weighted by Crippen LogP contribution is -2.36. The van der Waals surface area contributed by atoms with E-state index in [0.717, 1.165) is 42.6 Å². The van der Waals surface area contributed by atoms with E-state index in [4.69, 9.17) is 16.3 Å². The molecular weight excluding hydrogens is 346 g/mol. The molecule has 2 aromatic rings. The number of morpholine rings is 1. The predicted molar refractivity (Wildman–Crippen MR) is 97.5 cm³/mol. The third-order valence-electron chi connectivity index (χ3n) is 3.60. The fourth-order valence-electron chi connectivity index (χ4n) is 2.32. The Morgan fingerprint density at radius 3 is 2.83 bits per heavy atom. The van der Waals surface area contributed by atoms with Gasteiger partial charge in [-0.2, -0.15) is 0 Å². The molecule has 24 heavy (non-hydrogen) atoms. The van der Waals surface area contributed by atoms with Crippen molar-refractivity contribution in [1.82, 2.24) is 10.3 Å². The van der Waals surface area contributed by atoms with E-state index in [-0.39, 0.29) is 5.91 Å². The Balaban J connectivity index is 1.49. The van der Waals surface area contributed by atoms with Gasteiger partial charge in [0, 0.05) is 36.8 Å². The standard InChI is InChI=1S/C17H18ClN3O2S/c18-15-4-2-14(24-15)3-6-17(22)20-12-13-1-5-16(19-11-13)21-7-9-23-10-8-21/h1-6,11H,7-10,12H2,(H,20,22)/b6-3+. The van der Waals surface area contributed by atoms with Crippen molar-refractivity contribution in [2.45, 2.75) is 6.54 Å². The third-order valence-corrected chi connectivity index (χ3v) is 4.80. The minimum absolute atomic E-state index is 0.142. The van der Waals surface area contributed by atoms with Crippen LogP contribution in [0, 0.1) is 0 Å². The van der Waals surface area contributed by atoms with Crippen LogP contribution in [0.15, 0.2) is 36.5 Å². The van der Waals surface area contributed by atoms with Crippen LogP contribution in [0.5, 0.6) is 0 Å². The average Bonchev–Trinajstić information content (AvgIpc) is 3.05. The number of halogens is 1. The molecule has 0 bridgehead atoms. The number of amides is 1. The number of nitrogens with zero attached hydrogens (tertiary/aromatic N) is 2. The first-order valence-corrected chi connectivity index (χ1v) is 8.89. The molecule has 1 amide bonds. The number of carbonyl (C=O) groups excluding carboxylic acids is 1. The summed E-state index contributed by atoms with van der Waals surface area (Å²) in [5, 5.41) is 2.85. The molecule has 5 nitrogen and oxygen atoms in total. The zero-order valence-electron chi connectivity index (χ0n) is 13.1. The number of rotatable bonds is 5. The second-order valence-electron chi connectivity index (χ2n) is 5.32. The molecule has 1 aliphatic rings. The molecule has 126 valence electrons. The number of nitrogens with one attached hydrogen (secondary N) is 1. The summed E-state index contributed by atoms with van der Waals surface area (Å²) in [5.41, 5.74) is 0.966. The largest absolute Gasteiger partial charge is 0.378 e. The van der Waals surface area contributed by atoms with Crippen LogP contribution in [0.4, 0.5) is 5.82 Å². The summed E-state index contributed by atoms with van der Waals surface area (Å²) in [6.07, 6.45) is 5.07. The zero-order valence-corrected chi connectivity index (χ0v) is 14.6. The first-order valence-electron chi connectivity index (χ1n) is 7.69. The molecule has 1 fully saturated rings. The highest BCUT2D eigenvalue weighted by Crippen LogP contribution is 2.22. The fourth-order valence-corrected chi connectivity index (χ4v) is 3.29. The van der Waals surface area contributed by atoms with E-state index in [1.54, 1.807) is 12.3 Å². The first-order chi connectivity index (χ1) is 11.7. The van der Waals surface area contributed by atoms with Gasteiger partial charge in [0.15, 0.2) is 0 Å². The Labute approximate surface area is 149 Å². The highest BCUT2D eigenvalue weighted by atomic mass is 35.5. The van der Waals surface area contributed by atoms with E-state index in [0.29, 0.717) is 10.9 Å². The highest BCUT2D eigenvalue weighted by molar-refractivity contribution is 7.17. The van der Waals surface area contributed by atoms with E-state index < -0.39 is 0 Å². The van der Waals surface area contributed by atoms with Crippen molar-refractivity contribution >= 4 is 40.7 Å². The van der Waals surface area contributed by atoms with Crippen molar-refractivity contribution in [2.24, 2.45) is 0 Å². The summed E-state index contributed by atoms with van der Waals surface area (Å²) in [4.78, 5) is 19.5. The second-order valence-corrected chi connectivity index (χ2v) is 7.06. The van der Waals surface area contributed by atoms with Gasteiger partial charge < -0.3 is 15.0 Å². The van der Waals surface area contributed by atoms with Crippen molar-refractivity contribution in [3.05, 3.63) is 51.3 Å². The van der Waals surface area contributed by atoms with Crippen LogP contribution in [0.2, 0.25) is 4.34 Å². The van der Waals surface area contributed by atoms with Gasteiger partial charge in [-0.3, -0.25) is 4.79 Å². The lowest BCUT2D eigenvalue weighted by Gasteiger charge is -2.27. The number of thiophene rings is 1. The minimum atomic E-state index is -0.142. The summed E-state index contributed by atoms with van der Waals surface area (Å²) >= 11 is 7.29. The SMILES string of the molecule is O=C(/C=C/c1ccc(Cl)s1)NCc1ccc(N2CCOCC2)nc1. The highest BCUT2D eigenvalue weighted by Gasteiger charge is 2.11. The van der Waals surface area contributed by atoms with Crippen LogP contribution < -0.4 is 10.2 Å². The molecule has 3 heterocycles. The maximum Gasteiger partial charge on any atom is 0.244 e. The van der Waals surface area contributed by atoms with E-state index >= 15 is 0 Å². The Morgan fingerprint density at radius 1 is 1.33 bits per heavy atom. The van der Waals surface area contributed by atoms with Gasteiger partial charge in [-0.05, 0) is 29.8 Å². The molecule has 1 aliphatic heterocycles. The fraction of sp³-hybridized carbons (Fsp3) is 0.294. The Bertz CT molecular complexity index is 709. The summed E-state index contributed by atoms with van der Waals surface area (Å²) in [6.45, 7) is 3.65. The molecule has 2 aromatic heterocycles. The van der Waals surface area contributed by atoms with Crippen LogP contribution in [0.25, 0.3) is 6.08 Å². The average molecular weight is 364 g/mol. The van der Waals surface area contributed by atoms with Crippen LogP contribution in [0.3, 0.4) is 0 Å². The van der Waals surface area contributed by atoms with E-state index in [1.165, 1.54) is 17.4 Å². The van der Waals surface area contributed by atoms with Crippen LogP contribution in [0.1, 0.15) is 10.4 Å². The number of ether oxygens (including phenoxy) is 1. The molecule has 3 rings (SSSR count).